The topological polar surface area (TPSA) is 78.4 Å². The molecule has 3 N–H and O–H groups in total. The van der Waals surface area contributed by atoms with Gasteiger partial charge in [-0.2, -0.15) is 0 Å². The number of aromatic carboxylic acids is 1. The molecule has 0 fully saturated rings. The SMILES string of the molecule is C=CNC(=O)NCc1ccc(C(=O)O)cc1. The van der Waals surface area contributed by atoms with E-state index in [-0.39, 0.29) is 11.6 Å². The van der Waals surface area contributed by atoms with Gasteiger partial charge in [-0.1, -0.05) is 18.7 Å². The first-order valence-electron chi connectivity index (χ1n) is 4.61. The summed E-state index contributed by atoms with van der Waals surface area (Å²) < 4.78 is 0. The highest BCUT2D eigenvalue weighted by molar-refractivity contribution is 5.87. The lowest BCUT2D eigenvalue weighted by Gasteiger charge is -2.04. The van der Waals surface area contributed by atoms with Crippen LogP contribution in [0.2, 0.25) is 0 Å². The predicted molar refractivity (Wildman–Crippen MR) is 59.0 cm³/mol. The third-order valence-corrected chi connectivity index (χ3v) is 1.89. The van der Waals surface area contributed by atoms with Crippen molar-refractivity contribution in [3.8, 4) is 0 Å². The molecule has 0 atom stereocenters. The minimum atomic E-state index is -0.969. The summed E-state index contributed by atoms with van der Waals surface area (Å²) in [5.74, 6) is -0.969. The summed E-state index contributed by atoms with van der Waals surface area (Å²) in [6.07, 6.45) is 1.28. The maximum atomic E-state index is 11.0. The maximum absolute atomic E-state index is 11.0. The second-order valence-corrected chi connectivity index (χ2v) is 3.03. The Kier molecular flexibility index (Phi) is 4.08. The van der Waals surface area contributed by atoms with Crippen LogP contribution in [0.1, 0.15) is 15.9 Å². The van der Waals surface area contributed by atoms with Crippen molar-refractivity contribution in [3.05, 3.63) is 48.2 Å². The van der Waals surface area contributed by atoms with Crippen molar-refractivity contribution in [3.63, 3.8) is 0 Å². The molecule has 1 rings (SSSR count). The van der Waals surface area contributed by atoms with E-state index >= 15 is 0 Å². The number of rotatable bonds is 4. The van der Waals surface area contributed by atoms with Crippen LogP contribution in [0.4, 0.5) is 4.79 Å². The number of benzene rings is 1. The number of carboxylic acid groups (broad SMARTS) is 1. The second kappa shape index (κ2) is 5.55. The van der Waals surface area contributed by atoms with Crippen LogP contribution in [0.5, 0.6) is 0 Å². The molecule has 0 radical (unpaired) electrons. The average Bonchev–Trinajstić information content (AvgIpc) is 2.27. The number of urea groups is 1. The molecule has 0 spiro atoms. The molecule has 0 heterocycles. The zero-order valence-corrected chi connectivity index (χ0v) is 8.56. The molecule has 0 aliphatic heterocycles. The first kappa shape index (κ1) is 11.8. The molecule has 0 bridgehead atoms. The zero-order valence-electron chi connectivity index (χ0n) is 8.56. The number of carbonyl (C=O) groups excluding carboxylic acids is 1. The van der Waals surface area contributed by atoms with Crippen LogP contribution in [0.3, 0.4) is 0 Å². The smallest absolute Gasteiger partial charge is 0.335 e. The third-order valence-electron chi connectivity index (χ3n) is 1.89. The molecule has 0 aliphatic carbocycles. The van der Waals surface area contributed by atoms with E-state index in [0.29, 0.717) is 6.54 Å². The molecule has 0 saturated heterocycles. The van der Waals surface area contributed by atoms with E-state index in [2.05, 4.69) is 17.2 Å². The Balaban J connectivity index is 2.52. The summed E-state index contributed by atoms with van der Waals surface area (Å²) in [7, 11) is 0. The van der Waals surface area contributed by atoms with Gasteiger partial charge in [0.1, 0.15) is 0 Å². The number of nitrogens with one attached hydrogen (secondary N) is 2. The van der Waals surface area contributed by atoms with Gasteiger partial charge in [0.25, 0.3) is 0 Å². The van der Waals surface area contributed by atoms with Crippen molar-refractivity contribution in [1.29, 1.82) is 0 Å². The minimum Gasteiger partial charge on any atom is -0.478 e. The van der Waals surface area contributed by atoms with Crippen molar-refractivity contribution in [2.45, 2.75) is 6.54 Å². The summed E-state index contributed by atoms with van der Waals surface area (Å²) in [6.45, 7) is 3.68. The molecule has 0 saturated carbocycles. The standard InChI is InChI=1S/C11H12N2O3/c1-2-12-11(16)13-7-8-3-5-9(6-4-8)10(14)15/h2-6H,1,7H2,(H,14,15)(H2,12,13,16). The molecule has 16 heavy (non-hydrogen) atoms. The lowest BCUT2D eigenvalue weighted by molar-refractivity contribution is 0.0697. The van der Waals surface area contributed by atoms with Gasteiger partial charge in [-0.3, -0.25) is 0 Å². The van der Waals surface area contributed by atoms with Gasteiger partial charge in [0.15, 0.2) is 0 Å². The van der Waals surface area contributed by atoms with Crippen LogP contribution in [0.15, 0.2) is 37.0 Å². The van der Waals surface area contributed by atoms with Crippen LogP contribution in [0.25, 0.3) is 0 Å². The number of carboxylic acids is 1. The molecule has 2 amide bonds. The largest absolute Gasteiger partial charge is 0.478 e. The second-order valence-electron chi connectivity index (χ2n) is 3.03. The van der Waals surface area contributed by atoms with E-state index in [1.807, 2.05) is 0 Å². The quantitative estimate of drug-likeness (QED) is 0.716. The van der Waals surface area contributed by atoms with Crippen LogP contribution in [-0.4, -0.2) is 17.1 Å². The first-order chi connectivity index (χ1) is 7.63. The minimum absolute atomic E-state index is 0.222. The highest BCUT2D eigenvalue weighted by Gasteiger charge is 2.02. The van der Waals surface area contributed by atoms with Crippen LogP contribution in [0, 0.1) is 0 Å². The maximum Gasteiger partial charge on any atom is 0.335 e. The Morgan fingerprint density at radius 1 is 1.31 bits per heavy atom. The van der Waals surface area contributed by atoms with Gasteiger partial charge < -0.3 is 15.7 Å². The number of carbonyl (C=O) groups is 2. The Morgan fingerprint density at radius 2 is 1.94 bits per heavy atom. The third kappa shape index (κ3) is 3.45. The summed E-state index contributed by atoms with van der Waals surface area (Å²) in [4.78, 5) is 21.6. The summed E-state index contributed by atoms with van der Waals surface area (Å²) >= 11 is 0. The van der Waals surface area contributed by atoms with E-state index in [0.717, 1.165) is 5.56 Å². The van der Waals surface area contributed by atoms with E-state index in [9.17, 15) is 9.59 Å². The van der Waals surface area contributed by atoms with Gasteiger partial charge in [-0.25, -0.2) is 9.59 Å². The highest BCUT2D eigenvalue weighted by atomic mass is 16.4. The Hall–Kier alpha value is -2.30. The molecular formula is C11H12N2O3. The lowest BCUT2D eigenvalue weighted by Crippen LogP contribution is -2.31. The molecule has 5 nitrogen and oxygen atoms in total. The van der Waals surface area contributed by atoms with E-state index in [4.69, 9.17) is 5.11 Å². The molecule has 84 valence electrons. The fourth-order valence-corrected chi connectivity index (χ4v) is 1.09. The number of hydrogen-bond acceptors (Lipinski definition) is 2. The fourth-order valence-electron chi connectivity index (χ4n) is 1.09. The van der Waals surface area contributed by atoms with E-state index < -0.39 is 5.97 Å². The summed E-state index contributed by atoms with van der Waals surface area (Å²) in [5.41, 5.74) is 1.04. The fraction of sp³-hybridized carbons (Fsp3) is 0.0909. The zero-order chi connectivity index (χ0) is 12.0. The van der Waals surface area contributed by atoms with Gasteiger partial charge in [-0.05, 0) is 23.9 Å². The molecule has 1 aromatic carbocycles. The summed E-state index contributed by atoms with van der Waals surface area (Å²) in [6, 6.07) is 5.93. The van der Waals surface area contributed by atoms with E-state index in [1.54, 1.807) is 12.1 Å². The highest BCUT2D eigenvalue weighted by Crippen LogP contribution is 2.03. The van der Waals surface area contributed by atoms with Crippen molar-refractivity contribution in [2.24, 2.45) is 0 Å². The Morgan fingerprint density at radius 3 is 2.44 bits per heavy atom. The Labute approximate surface area is 92.8 Å². The monoisotopic (exact) mass is 220 g/mol. The summed E-state index contributed by atoms with van der Waals surface area (Å²) in [5, 5.41) is 13.6. The molecule has 1 aromatic rings. The molecular weight excluding hydrogens is 208 g/mol. The average molecular weight is 220 g/mol. The molecule has 0 aromatic heterocycles. The van der Waals surface area contributed by atoms with Crippen LogP contribution < -0.4 is 10.6 Å². The van der Waals surface area contributed by atoms with Crippen LogP contribution >= 0.6 is 0 Å². The van der Waals surface area contributed by atoms with E-state index in [1.165, 1.54) is 18.3 Å². The van der Waals surface area contributed by atoms with Gasteiger partial charge in [0.05, 0.1) is 5.56 Å². The lowest BCUT2D eigenvalue weighted by atomic mass is 10.1. The van der Waals surface area contributed by atoms with Crippen molar-refractivity contribution >= 4 is 12.0 Å². The molecule has 0 aliphatic rings. The van der Waals surface area contributed by atoms with Gasteiger partial charge in [0, 0.05) is 6.54 Å². The number of hydrogen-bond donors (Lipinski definition) is 3. The van der Waals surface area contributed by atoms with Crippen molar-refractivity contribution in [2.75, 3.05) is 0 Å². The predicted octanol–water partition coefficient (Wildman–Crippen LogP) is 1.33. The number of amides is 2. The van der Waals surface area contributed by atoms with Crippen molar-refractivity contribution < 1.29 is 14.7 Å². The Bertz CT molecular complexity index is 398. The van der Waals surface area contributed by atoms with Crippen molar-refractivity contribution in [1.82, 2.24) is 10.6 Å². The van der Waals surface area contributed by atoms with Gasteiger partial charge in [-0.15, -0.1) is 0 Å². The molecule has 0 unspecified atom stereocenters. The van der Waals surface area contributed by atoms with Crippen LogP contribution in [-0.2, 0) is 6.54 Å². The first-order valence-corrected chi connectivity index (χ1v) is 4.61. The van der Waals surface area contributed by atoms with Gasteiger partial charge >= 0.3 is 12.0 Å². The normalized spacial score (nSPS) is 9.25. The molecule has 5 heteroatoms. The van der Waals surface area contributed by atoms with Gasteiger partial charge in [0.2, 0.25) is 0 Å².